The molecule has 0 unspecified atom stereocenters. The van der Waals surface area contributed by atoms with E-state index in [-0.39, 0.29) is 5.91 Å². The summed E-state index contributed by atoms with van der Waals surface area (Å²) < 4.78 is 12.5. The van der Waals surface area contributed by atoms with Crippen LogP contribution in [0, 0.1) is 5.92 Å². The molecule has 1 N–H and O–H groups in total. The highest BCUT2D eigenvalue weighted by molar-refractivity contribution is 5.98. The number of rotatable bonds is 9. The van der Waals surface area contributed by atoms with Crippen LogP contribution in [0.1, 0.15) is 40.0 Å². The van der Waals surface area contributed by atoms with Gasteiger partial charge in [0.1, 0.15) is 18.9 Å². The quantitative estimate of drug-likeness (QED) is 0.216. The Morgan fingerprint density at radius 1 is 0.700 bits per heavy atom. The molecule has 1 amide bonds. The average molecular weight is 531 g/mol. The molecule has 1 fully saturated rings. The van der Waals surface area contributed by atoms with Gasteiger partial charge in [0.05, 0.1) is 0 Å². The van der Waals surface area contributed by atoms with Crippen molar-refractivity contribution >= 4 is 16.8 Å². The maximum Gasteiger partial charge on any atom is 0.270 e. The van der Waals surface area contributed by atoms with Gasteiger partial charge in [-0.15, -0.1) is 0 Å². The van der Waals surface area contributed by atoms with Gasteiger partial charge in [-0.3, -0.25) is 4.79 Å². The van der Waals surface area contributed by atoms with E-state index < -0.39 is 0 Å². The number of carbonyl (C=O) groups excluding carboxylic acids is 1. The maximum atomic E-state index is 13.5. The topological polar surface area (TPSA) is 54.6 Å². The van der Waals surface area contributed by atoms with Crippen molar-refractivity contribution in [3.63, 3.8) is 0 Å². The van der Waals surface area contributed by atoms with E-state index in [0.717, 1.165) is 54.4 Å². The second-order valence-electron chi connectivity index (χ2n) is 10.5. The van der Waals surface area contributed by atoms with Crippen molar-refractivity contribution in [1.29, 1.82) is 0 Å². The molecule has 1 saturated heterocycles. The number of likely N-dealkylation sites (tertiary alicyclic amines) is 1. The Bertz CT molecular complexity index is 1460. The highest BCUT2D eigenvalue weighted by atomic mass is 16.5. The summed E-state index contributed by atoms with van der Waals surface area (Å²) in [6, 6.07) is 36.6. The van der Waals surface area contributed by atoms with Crippen LogP contribution in [-0.2, 0) is 19.6 Å². The zero-order valence-corrected chi connectivity index (χ0v) is 22.6. The average Bonchev–Trinajstić information content (AvgIpc) is 3.43. The van der Waals surface area contributed by atoms with Crippen molar-refractivity contribution in [3.05, 3.63) is 132 Å². The highest BCUT2D eigenvalue weighted by Crippen LogP contribution is 2.34. The Kier molecular flexibility index (Phi) is 7.80. The second kappa shape index (κ2) is 12.1. The maximum absolute atomic E-state index is 13.5. The summed E-state index contributed by atoms with van der Waals surface area (Å²) in [5, 5.41) is 0.928. The van der Waals surface area contributed by atoms with Crippen molar-refractivity contribution in [3.8, 4) is 11.5 Å². The number of benzene rings is 4. The number of hydrogen-bond acceptors (Lipinski definition) is 3. The van der Waals surface area contributed by atoms with Crippen molar-refractivity contribution in [2.75, 3.05) is 13.1 Å². The Morgan fingerprint density at radius 2 is 1.23 bits per heavy atom. The summed E-state index contributed by atoms with van der Waals surface area (Å²) >= 11 is 0. The van der Waals surface area contributed by atoms with Gasteiger partial charge in [0, 0.05) is 30.1 Å². The van der Waals surface area contributed by atoms with Crippen LogP contribution in [-0.4, -0.2) is 28.9 Å². The summed E-state index contributed by atoms with van der Waals surface area (Å²) in [6.07, 6.45) is 3.12. The van der Waals surface area contributed by atoms with Crippen LogP contribution in [0.3, 0.4) is 0 Å². The molecule has 6 rings (SSSR count). The lowest BCUT2D eigenvalue weighted by atomic mass is 9.90. The number of amides is 1. The Morgan fingerprint density at radius 3 is 1.80 bits per heavy atom. The lowest BCUT2D eigenvalue weighted by Gasteiger charge is -2.31. The molecule has 4 aromatic carbocycles. The summed E-state index contributed by atoms with van der Waals surface area (Å²) in [6.45, 7) is 2.42. The van der Waals surface area contributed by atoms with E-state index in [1.807, 2.05) is 83.8 Å². The van der Waals surface area contributed by atoms with Crippen LogP contribution in [0.5, 0.6) is 11.5 Å². The summed E-state index contributed by atoms with van der Waals surface area (Å²) in [5.41, 5.74) is 4.99. The molecule has 202 valence electrons. The highest BCUT2D eigenvalue weighted by Gasteiger charge is 2.25. The van der Waals surface area contributed by atoms with E-state index >= 15 is 0 Å². The van der Waals surface area contributed by atoms with Gasteiger partial charge in [0.25, 0.3) is 5.91 Å². The summed E-state index contributed by atoms with van der Waals surface area (Å²) in [7, 11) is 0. The first-order valence-corrected chi connectivity index (χ1v) is 14.0. The summed E-state index contributed by atoms with van der Waals surface area (Å²) in [4.78, 5) is 18.8. The molecule has 0 saturated carbocycles. The van der Waals surface area contributed by atoms with Crippen LogP contribution in [0.25, 0.3) is 10.9 Å². The normalized spacial score (nSPS) is 13.8. The standard InChI is InChI=1S/C35H34N2O3/c38-35(37-18-16-27(17-19-37)20-26-10-4-1-5-11-26)32-21-30-22-33(39-24-28-12-6-2-7-13-28)34(23-31(30)36-32)40-25-29-14-8-3-9-15-29/h1-15,21-23,27,36H,16-20,24-25H2. The molecule has 1 aliphatic rings. The van der Waals surface area contributed by atoms with E-state index in [1.54, 1.807) is 0 Å². The third-order valence-electron chi connectivity index (χ3n) is 7.66. The predicted molar refractivity (Wildman–Crippen MR) is 159 cm³/mol. The molecule has 40 heavy (non-hydrogen) atoms. The number of piperidine rings is 1. The molecule has 0 aliphatic carbocycles. The van der Waals surface area contributed by atoms with E-state index in [1.165, 1.54) is 5.56 Å². The minimum Gasteiger partial charge on any atom is -0.485 e. The van der Waals surface area contributed by atoms with E-state index in [9.17, 15) is 4.79 Å². The lowest BCUT2D eigenvalue weighted by Crippen LogP contribution is -2.39. The number of fused-ring (bicyclic) bond motifs is 1. The Hall–Kier alpha value is -4.51. The first-order valence-electron chi connectivity index (χ1n) is 14.0. The van der Waals surface area contributed by atoms with Gasteiger partial charge < -0.3 is 19.4 Å². The first kappa shape index (κ1) is 25.8. The van der Waals surface area contributed by atoms with Crippen LogP contribution in [0.4, 0.5) is 0 Å². The SMILES string of the molecule is O=C(c1cc2cc(OCc3ccccc3)c(OCc3ccccc3)cc2[nH]1)N1CCC(Cc2ccccc2)CC1. The molecule has 1 aromatic heterocycles. The van der Waals surface area contributed by atoms with Crippen LogP contribution >= 0.6 is 0 Å². The minimum atomic E-state index is 0.0490. The minimum absolute atomic E-state index is 0.0490. The zero-order chi connectivity index (χ0) is 27.1. The molecular weight excluding hydrogens is 496 g/mol. The van der Waals surface area contributed by atoms with Gasteiger partial charge in [-0.1, -0.05) is 91.0 Å². The number of nitrogens with one attached hydrogen (secondary N) is 1. The molecule has 0 bridgehead atoms. The largest absolute Gasteiger partial charge is 0.485 e. The van der Waals surface area contributed by atoms with Crippen LogP contribution < -0.4 is 9.47 Å². The second-order valence-corrected chi connectivity index (χ2v) is 10.5. The molecule has 0 spiro atoms. The first-order chi connectivity index (χ1) is 19.7. The van der Waals surface area contributed by atoms with Crippen molar-refractivity contribution < 1.29 is 14.3 Å². The van der Waals surface area contributed by atoms with Gasteiger partial charge >= 0.3 is 0 Å². The molecule has 5 nitrogen and oxygen atoms in total. The third-order valence-corrected chi connectivity index (χ3v) is 7.66. The molecule has 0 atom stereocenters. The van der Waals surface area contributed by atoms with E-state index in [0.29, 0.717) is 36.3 Å². The van der Waals surface area contributed by atoms with Crippen molar-refractivity contribution in [1.82, 2.24) is 9.88 Å². The lowest BCUT2D eigenvalue weighted by molar-refractivity contribution is 0.0685. The van der Waals surface area contributed by atoms with Crippen molar-refractivity contribution in [2.24, 2.45) is 5.92 Å². The van der Waals surface area contributed by atoms with Gasteiger partial charge in [-0.2, -0.15) is 0 Å². The molecule has 5 aromatic rings. The predicted octanol–water partition coefficient (Wildman–Crippen LogP) is 7.42. The zero-order valence-electron chi connectivity index (χ0n) is 22.6. The van der Waals surface area contributed by atoms with Crippen molar-refractivity contribution in [2.45, 2.75) is 32.5 Å². The van der Waals surface area contributed by atoms with Gasteiger partial charge in [0.2, 0.25) is 0 Å². The number of nitrogens with zero attached hydrogens (tertiary/aromatic N) is 1. The fourth-order valence-electron chi connectivity index (χ4n) is 5.41. The van der Waals surface area contributed by atoms with Gasteiger partial charge in [-0.05, 0) is 54.0 Å². The van der Waals surface area contributed by atoms with Gasteiger partial charge in [0.15, 0.2) is 11.5 Å². The van der Waals surface area contributed by atoms with E-state index in [2.05, 4.69) is 35.3 Å². The Balaban J connectivity index is 1.18. The van der Waals surface area contributed by atoms with Gasteiger partial charge in [-0.25, -0.2) is 0 Å². The smallest absolute Gasteiger partial charge is 0.270 e. The molecule has 5 heteroatoms. The fraction of sp³-hybridized carbons (Fsp3) is 0.229. The number of carbonyl (C=O) groups is 1. The number of hydrogen-bond donors (Lipinski definition) is 1. The number of aromatic amines is 1. The Labute approximate surface area is 235 Å². The third kappa shape index (κ3) is 6.20. The number of H-pyrrole nitrogens is 1. The number of ether oxygens (including phenoxy) is 2. The summed E-state index contributed by atoms with van der Waals surface area (Å²) in [5.74, 6) is 1.97. The van der Waals surface area contributed by atoms with Crippen LogP contribution in [0.15, 0.2) is 109 Å². The molecule has 2 heterocycles. The monoisotopic (exact) mass is 530 g/mol. The fourth-order valence-corrected chi connectivity index (χ4v) is 5.41. The van der Waals surface area contributed by atoms with Crippen LogP contribution in [0.2, 0.25) is 0 Å². The van der Waals surface area contributed by atoms with E-state index in [4.69, 9.17) is 9.47 Å². The molecule has 0 radical (unpaired) electrons. The molecule has 1 aliphatic heterocycles. The number of aromatic nitrogens is 1. The molecular formula is C35H34N2O3.